The molecule has 0 unspecified atom stereocenters. The third-order valence-corrected chi connectivity index (χ3v) is 6.47. The monoisotopic (exact) mass is 458 g/mol. The van der Waals surface area contributed by atoms with E-state index in [-0.39, 0.29) is 24.1 Å². The standard InChI is InChI=1S/C27H23FN2O4/c1-32-23-11-17(12-24-27(23)34-9-8-33-24)19-13-25(31)29-21-6-3-7-22-26(21)20(19)15-30(22)14-16-4-2-5-18(28)10-16/h2-7,10-12,15,19H,8-9,13-14H2,1H3,(H,29,31)/t19-/m0/s1. The molecule has 6 rings (SSSR count). The highest BCUT2D eigenvalue weighted by molar-refractivity contribution is 6.06. The first-order valence-electron chi connectivity index (χ1n) is 11.2. The van der Waals surface area contributed by atoms with Crippen LogP contribution in [0.1, 0.15) is 29.0 Å². The van der Waals surface area contributed by atoms with E-state index >= 15 is 0 Å². The first kappa shape index (κ1) is 20.6. The smallest absolute Gasteiger partial charge is 0.225 e. The van der Waals surface area contributed by atoms with Crippen LogP contribution in [0.4, 0.5) is 10.1 Å². The Balaban J connectivity index is 1.52. The fourth-order valence-electron chi connectivity index (χ4n) is 5.00. The molecule has 0 fully saturated rings. The van der Waals surface area contributed by atoms with Crippen LogP contribution in [0.25, 0.3) is 10.9 Å². The normalized spacial score (nSPS) is 16.8. The molecule has 0 saturated carbocycles. The molecular formula is C27H23FN2O4. The first-order chi connectivity index (χ1) is 16.6. The number of carbonyl (C=O) groups is 1. The third kappa shape index (κ3) is 3.44. The number of rotatable bonds is 4. The molecule has 7 heteroatoms. The van der Waals surface area contributed by atoms with E-state index in [1.54, 1.807) is 19.2 Å². The van der Waals surface area contributed by atoms with Gasteiger partial charge in [0.1, 0.15) is 19.0 Å². The van der Waals surface area contributed by atoms with Gasteiger partial charge in [-0.3, -0.25) is 4.79 Å². The number of halogens is 1. The lowest BCUT2D eigenvalue weighted by molar-refractivity contribution is -0.116. The SMILES string of the molecule is COc1cc([C@@H]2CC(=O)Nc3cccc4c3c2cn4Cc2cccc(F)c2)cc2c1OCCO2. The average Bonchev–Trinajstić information content (AvgIpc) is 3.13. The highest BCUT2D eigenvalue weighted by Gasteiger charge is 2.30. The number of ether oxygens (including phenoxy) is 3. The van der Waals surface area contributed by atoms with Gasteiger partial charge in [0.25, 0.3) is 0 Å². The number of hydrogen-bond acceptors (Lipinski definition) is 4. The molecule has 172 valence electrons. The van der Waals surface area contributed by atoms with Gasteiger partial charge in [-0.15, -0.1) is 0 Å². The summed E-state index contributed by atoms with van der Waals surface area (Å²) in [7, 11) is 1.60. The Morgan fingerprint density at radius 2 is 1.97 bits per heavy atom. The summed E-state index contributed by atoms with van der Waals surface area (Å²) in [6, 6.07) is 16.4. The molecule has 2 aliphatic heterocycles. The zero-order valence-corrected chi connectivity index (χ0v) is 18.6. The van der Waals surface area contributed by atoms with E-state index in [9.17, 15) is 9.18 Å². The minimum Gasteiger partial charge on any atom is -0.493 e. The van der Waals surface area contributed by atoms with Crippen molar-refractivity contribution in [1.29, 1.82) is 0 Å². The van der Waals surface area contributed by atoms with Crippen molar-refractivity contribution in [3.05, 3.63) is 83.3 Å². The molecule has 0 radical (unpaired) electrons. The summed E-state index contributed by atoms with van der Waals surface area (Å²) in [5, 5.41) is 4.05. The van der Waals surface area contributed by atoms with E-state index in [4.69, 9.17) is 14.2 Å². The number of nitrogens with one attached hydrogen (secondary N) is 1. The Morgan fingerprint density at radius 3 is 2.82 bits per heavy atom. The van der Waals surface area contributed by atoms with Gasteiger partial charge in [-0.05, 0) is 53.1 Å². The maximum absolute atomic E-state index is 13.8. The van der Waals surface area contributed by atoms with Crippen LogP contribution in [0.5, 0.6) is 17.2 Å². The molecule has 1 N–H and O–H groups in total. The van der Waals surface area contributed by atoms with Gasteiger partial charge < -0.3 is 24.1 Å². The maximum atomic E-state index is 13.8. The maximum Gasteiger partial charge on any atom is 0.225 e. The number of aromatic nitrogens is 1. The van der Waals surface area contributed by atoms with Gasteiger partial charge in [0.05, 0.1) is 18.3 Å². The predicted molar refractivity (Wildman–Crippen MR) is 127 cm³/mol. The Labute approximate surface area is 195 Å². The van der Waals surface area contributed by atoms with Crippen molar-refractivity contribution in [2.75, 3.05) is 25.6 Å². The minimum absolute atomic E-state index is 0.0563. The summed E-state index contributed by atoms with van der Waals surface area (Å²) in [5.74, 6) is 1.26. The molecule has 3 heterocycles. The molecule has 1 amide bonds. The lowest BCUT2D eigenvalue weighted by atomic mass is 9.88. The van der Waals surface area contributed by atoms with Crippen LogP contribution in [0, 0.1) is 5.82 Å². The van der Waals surface area contributed by atoms with E-state index < -0.39 is 0 Å². The molecule has 1 aromatic heterocycles. The Hall–Kier alpha value is -4.00. The van der Waals surface area contributed by atoms with Crippen molar-refractivity contribution in [3.8, 4) is 17.2 Å². The van der Waals surface area contributed by atoms with E-state index in [0.717, 1.165) is 33.3 Å². The van der Waals surface area contributed by atoms with Crippen molar-refractivity contribution in [2.24, 2.45) is 0 Å². The molecule has 0 bridgehead atoms. The van der Waals surface area contributed by atoms with Gasteiger partial charge in [-0.2, -0.15) is 0 Å². The third-order valence-electron chi connectivity index (χ3n) is 6.47. The minimum atomic E-state index is -0.260. The van der Waals surface area contributed by atoms with Crippen molar-refractivity contribution in [3.63, 3.8) is 0 Å². The first-order valence-corrected chi connectivity index (χ1v) is 11.2. The number of nitrogens with zero attached hydrogens (tertiary/aromatic N) is 1. The zero-order chi connectivity index (χ0) is 23.2. The van der Waals surface area contributed by atoms with E-state index in [0.29, 0.717) is 37.0 Å². The van der Waals surface area contributed by atoms with E-state index in [2.05, 4.69) is 16.1 Å². The van der Waals surface area contributed by atoms with Crippen LogP contribution >= 0.6 is 0 Å². The summed E-state index contributed by atoms with van der Waals surface area (Å²) in [6.45, 7) is 1.44. The number of fused-ring (bicyclic) bond motifs is 1. The Morgan fingerprint density at radius 1 is 1.12 bits per heavy atom. The zero-order valence-electron chi connectivity index (χ0n) is 18.6. The molecule has 4 aromatic rings. The second kappa shape index (κ2) is 8.09. The van der Waals surface area contributed by atoms with Gasteiger partial charge in [0.2, 0.25) is 11.7 Å². The summed E-state index contributed by atoms with van der Waals surface area (Å²) < 4.78 is 33.1. The second-order valence-electron chi connectivity index (χ2n) is 8.59. The molecule has 34 heavy (non-hydrogen) atoms. The predicted octanol–water partition coefficient (Wildman–Crippen LogP) is 5.08. The van der Waals surface area contributed by atoms with E-state index in [1.165, 1.54) is 6.07 Å². The lowest BCUT2D eigenvalue weighted by Gasteiger charge is -2.23. The molecule has 0 saturated heterocycles. The summed E-state index contributed by atoms with van der Waals surface area (Å²) in [6.07, 6.45) is 2.35. The molecule has 1 atom stereocenters. The molecule has 2 aliphatic rings. The second-order valence-corrected chi connectivity index (χ2v) is 8.59. The fourth-order valence-corrected chi connectivity index (χ4v) is 5.00. The Kier molecular flexibility index (Phi) is 4.90. The van der Waals surface area contributed by atoms with Crippen LogP contribution in [-0.4, -0.2) is 30.8 Å². The van der Waals surface area contributed by atoms with Crippen LogP contribution < -0.4 is 19.5 Å². The van der Waals surface area contributed by atoms with Crippen LogP contribution in [0.2, 0.25) is 0 Å². The largest absolute Gasteiger partial charge is 0.493 e. The highest BCUT2D eigenvalue weighted by Crippen LogP contribution is 2.46. The average molecular weight is 458 g/mol. The highest BCUT2D eigenvalue weighted by atomic mass is 19.1. The lowest BCUT2D eigenvalue weighted by Crippen LogP contribution is -2.17. The summed E-state index contributed by atoms with van der Waals surface area (Å²) >= 11 is 0. The molecule has 0 aliphatic carbocycles. The van der Waals surface area contributed by atoms with Crippen molar-refractivity contribution < 1.29 is 23.4 Å². The summed E-state index contributed by atoms with van der Waals surface area (Å²) in [4.78, 5) is 12.9. The quantitative estimate of drug-likeness (QED) is 0.463. The molecule has 0 spiro atoms. The molecule has 3 aromatic carbocycles. The number of anilines is 1. The number of methoxy groups -OCH3 is 1. The molecular weight excluding hydrogens is 435 g/mol. The number of carbonyl (C=O) groups excluding carboxylic acids is 1. The number of amides is 1. The van der Waals surface area contributed by atoms with Crippen molar-refractivity contribution in [1.82, 2.24) is 4.57 Å². The van der Waals surface area contributed by atoms with Gasteiger partial charge in [0, 0.05) is 30.5 Å². The number of benzene rings is 3. The van der Waals surface area contributed by atoms with Gasteiger partial charge >= 0.3 is 0 Å². The van der Waals surface area contributed by atoms with Gasteiger partial charge in [0.15, 0.2) is 11.5 Å². The van der Waals surface area contributed by atoms with E-state index in [1.807, 2.05) is 36.4 Å². The number of hydrogen-bond donors (Lipinski definition) is 1. The van der Waals surface area contributed by atoms with Crippen LogP contribution in [0.15, 0.2) is 60.8 Å². The van der Waals surface area contributed by atoms with Crippen molar-refractivity contribution in [2.45, 2.75) is 18.9 Å². The molecule has 6 nitrogen and oxygen atoms in total. The Bertz CT molecular complexity index is 1410. The van der Waals surface area contributed by atoms with Gasteiger partial charge in [-0.1, -0.05) is 18.2 Å². The fraction of sp³-hybridized carbons (Fsp3) is 0.222. The van der Waals surface area contributed by atoms with Crippen molar-refractivity contribution >= 4 is 22.5 Å². The van der Waals surface area contributed by atoms with Gasteiger partial charge in [-0.25, -0.2) is 4.39 Å². The topological polar surface area (TPSA) is 61.7 Å². The summed E-state index contributed by atoms with van der Waals surface area (Å²) in [5.41, 5.74) is 4.57. The van der Waals surface area contributed by atoms with Crippen LogP contribution in [-0.2, 0) is 11.3 Å². The van der Waals surface area contributed by atoms with Crippen LogP contribution in [0.3, 0.4) is 0 Å².